The third kappa shape index (κ3) is 3.69. The van der Waals surface area contributed by atoms with E-state index in [9.17, 15) is 0 Å². The Morgan fingerprint density at radius 2 is 2.31 bits per heavy atom. The number of halogens is 1. The molecule has 0 aliphatic rings. The van der Waals surface area contributed by atoms with Crippen LogP contribution in [0.3, 0.4) is 0 Å². The van der Waals surface area contributed by atoms with E-state index in [1.807, 2.05) is 13.0 Å². The van der Waals surface area contributed by atoms with E-state index in [4.69, 9.17) is 4.74 Å². The maximum Gasteiger partial charge on any atom is 0.130 e. The number of aromatic nitrogens is 2. The summed E-state index contributed by atoms with van der Waals surface area (Å²) in [5, 5.41) is 3.12. The first kappa shape index (κ1) is 10.4. The van der Waals surface area contributed by atoms with E-state index >= 15 is 0 Å². The van der Waals surface area contributed by atoms with Crippen molar-refractivity contribution in [2.45, 2.75) is 6.92 Å². The van der Waals surface area contributed by atoms with Gasteiger partial charge in [-0.25, -0.2) is 9.97 Å². The molecule has 72 valence electrons. The Hall–Kier alpha value is -0.680. The summed E-state index contributed by atoms with van der Waals surface area (Å²) in [5.41, 5.74) is 0. The molecule has 1 aromatic rings. The molecule has 0 saturated carbocycles. The fourth-order valence-electron chi connectivity index (χ4n) is 0.903. The van der Waals surface area contributed by atoms with Crippen molar-refractivity contribution >= 4 is 21.7 Å². The van der Waals surface area contributed by atoms with Gasteiger partial charge in [0.1, 0.15) is 16.2 Å². The molecule has 0 radical (unpaired) electrons. The van der Waals surface area contributed by atoms with E-state index in [-0.39, 0.29) is 0 Å². The van der Waals surface area contributed by atoms with Crippen LogP contribution >= 0.6 is 15.9 Å². The molecule has 0 spiro atoms. The van der Waals surface area contributed by atoms with Gasteiger partial charge in [-0.2, -0.15) is 0 Å². The van der Waals surface area contributed by atoms with Crippen LogP contribution in [0.5, 0.6) is 0 Å². The summed E-state index contributed by atoms with van der Waals surface area (Å²) < 4.78 is 5.70. The van der Waals surface area contributed by atoms with Crippen molar-refractivity contribution in [3.05, 3.63) is 16.5 Å². The second-order valence-corrected chi connectivity index (χ2v) is 3.36. The minimum absolute atomic E-state index is 0.667. The van der Waals surface area contributed by atoms with Gasteiger partial charge in [-0.15, -0.1) is 0 Å². The molecule has 1 aromatic heterocycles. The molecule has 4 nitrogen and oxygen atoms in total. The van der Waals surface area contributed by atoms with Crippen molar-refractivity contribution in [3.63, 3.8) is 0 Å². The zero-order valence-corrected chi connectivity index (χ0v) is 9.26. The summed E-state index contributed by atoms with van der Waals surface area (Å²) in [4.78, 5) is 8.29. The molecule has 13 heavy (non-hydrogen) atoms. The van der Waals surface area contributed by atoms with Crippen LogP contribution in [-0.4, -0.2) is 30.2 Å². The molecule has 0 bridgehead atoms. The highest BCUT2D eigenvalue weighted by molar-refractivity contribution is 9.10. The van der Waals surface area contributed by atoms with Gasteiger partial charge < -0.3 is 10.1 Å². The van der Waals surface area contributed by atoms with Crippen molar-refractivity contribution in [2.75, 3.05) is 25.6 Å². The van der Waals surface area contributed by atoms with Gasteiger partial charge in [0.25, 0.3) is 0 Å². The predicted molar refractivity (Wildman–Crippen MR) is 54.8 cm³/mol. The van der Waals surface area contributed by atoms with Gasteiger partial charge in [-0.3, -0.25) is 0 Å². The van der Waals surface area contributed by atoms with Crippen LogP contribution in [0.25, 0.3) is 0 Å². The minimum atomic E-state index is 0.667. The summed E-state index contributed by atoms with van der Waals surface area (Å²) in [6.07, 6.45) is 0. The number of rotatable bonds is 4. The molecule has 0 fully saturated rings. The number of anilines is 1. The molecule has 1 rings (SSSR count). The van der Waals surface area contributed by atoms with Crippen LogP contribution in [0.4, 0.5) is 5.82 Å². The summed E-state index contributed by atoms with van der Waals surface area (Å²) in [7, 11) is 1.67. The van der Waals surface area contributed by atoms with Crippen LogP contribution in [-0.2, 0) is 4.74 Å². The molecular weight excluding hydrogens is 234 g/mol. The molecule has 0 saturated heterocycles. The number of nitrogens with one attached hydrogen (secondary N) is 1. The van der Waals surface area contributed by atoms with Crippen LogP contribution in [0.15, 0.2) is 10.7 Å². The molecule has 5 heteroatoms. The number of hydrogen-bond donors (Lipinski definition) is 1. The maximum atomic E-state index is 4.91. The number of methoxy groups -OCH3 is 1. The van der Waals surface area contributed by atoms with Crippen molar-refractivity contribution < 1.29 is 4.74 Å². The first-order valence-electron chi connectivity index (χ1n) is 3.96. The minimum Gasteiger partial charge on any atom is -0.383 e. The normalized spacial score (nSPS) is 10.1. The van der Waals surface area contributed by atoms with E-state index in [1.165, 1.54) is 0 Å². The van der Waals surface area contributed by atoms with E-state index in [2.05, 4.69) is 31.2 Å². The third-order valence-electron chi connectivity index (χ3n) is 1.42. The SMILES string of the molecule is COCCNc1cc(Br)nc(C)n1. The highest BCUT2D eigenvalue weighted by Crippen LogP contribution is 2.11. The number of aryl methyl sites for hydroxylation is 1. The zero-order valence-electron chi connectivity index (χ0n) is 7.67. The van der Waals surface area contributed by atoms with Crippen molar-refractivity contribution in [2.24, 2.45) is 0 Å². The van der Waals surface area contributed by atoms with E-state index in [1.54, 1.807) is 7.11 Å². The fraction of sp³-hybridized carbons (Fsp3) is 0.500. The van der Waals surface area contributed by atoms with E-state index in [0.29, 0.717) is 6.61 Å². The molecule has 0 aliphatic carbocycles. The summed E-state index contributed by atoms with van der Waals surface area (Å²) in [6, 6.07) is 1.84. The highest BCUT2D eigenvalue weighted by Gasteiger charge is 1.97. The van der Waals surface area contributed by atoms with Crippen molar-refractivity contribution in [1.29, 1.82) is 0 Å². The standard InChI is InChI=1S/C8H12BrN3O/c1-6-11-7(9)5-8(12-6)10-3-4-13-2/h5H,3-4H2,1-2H3,(H,10,11,12). The lowest BCUT2D eigenvalue weighted by Crippen LogP contribution is -2.09. The van der Waals surface area contributed by atoms with Crippen LogP contribution in [0.1, 0.15) is 5.82 Å². The average Bonchev–Trinajstić information content (AvgIpc) is 2.03. The number of hydrogen-bond acceptors (Lipinski definition) is 4. The average molecular weight is 246 g/mol. The second kappa shape index (κ2) is 5.14. The Bertz CT molecular complexity index is 260. The molecule has 0 atom stereocenters. The fourth-order valence-corrected chi connectivity index (χ4v) is 1.38. The molecule has 0 aliphatic heterocycles. The third-order valence-corrected chi connectivity index (χ3v) is 1.83. The van der Waals surface area contributed by atoms with Crippen LogP contribution < -0.4 is 5.32 Å². The quantitative estimate of drug-likeness (QED) is 0.647. The van der Waals surface area contributed by atoms with Crippen molar-refractivity contribution in [1.82, 2.24) is 9.97 Å². The molecule has 0 amide bonds. The highest BCUT2D eigenvalue weighted by atomic mass is 79.9. The van der Waals surface area contributed by atoms with Gasteiger partial charge in [0, 0.05) is 19.7 Å². The lowest BCUT2D eigenvalue weighted by molar-refractivity contribution is 0.210. The van der Waals surface area contributed by atoms with Crippen LogP contribution in [0.2, 0.25) is 0 Å². The zero-order chi connectivity index (χ0) is 9.68. The van der Waals surface area contributed by atoms with Gasteiger partial charge in [0.05, 0.1) is 6.61 Å². The molecule has 0 unspecified atom stereocenters. The van der Waals surface area contributed by atoms with Gasteiger partial charge in [-0.05, 0) is 22.9 Å². The number of ether oxygens (including phenoxy) is 1. The Morgan fingerprint density at radius 1 is 1.54 bits per heavy atom. The summed E-state index contributed by atoms with van der Waals surface area (Å²) in [5.74, 6) is 1.56. The lowest BCUT2D eigenvalue weighted by atomic mass is 10.5. The summed E-state index contributed by atoms with van der Waals surface area (Å²) in [6.45, 7) is 3.27. The first-order valence-corrected chi connectivity index (χ1v) is 4.75. The second-order valence-electron chi connectivity index (χ2n) is 2.54. The van der Waals surface area contributed by atoms with E-state index < -0.39 is 0 Å². The Balaban J connectivity index is 2.56. The van der Waals surface area contributed by atoms with Crippen LogP contribution in [0, 0.1) is 6.92 Å². The van der Waals surface area contributed by atoms with Gasteiger partial charge in [-0.1, -0.05) is 0 Å². The lowest BCUT2D eigenvalue weighted by Gasteiger charge is -2.05. The van der Waals surface area contributed by atoms with Gasteiger partial charge in [0.2, 0.25) is 0 Å². The smallest absolute Gasteiger partial charge is 0.130 e. The Labute approximate surface area is 85.9 Å². The molecular formula is C8H12BrN3O. The van der Waals surface area contributed by atoms with Gasteiger partial charge in [0.15, 0.2) is 0 Å². The molecule has 1 heterocycles. The monoisotopic (exact) mass is 245 g/mol. The topological polar surface area (TPSA) is 47.0 Å². The molecule has 0 aromatic carbocycles. The maximum absolute atomic E-state index is 4.91. The first-order chi connectivity index (χ1) is 6.22. The van der Waals surface area contributed by atoms with Crippen molar-refractivity contribution in [3.8, 4) is 0 Å². The van der Waals surface area contributed by atoms with Gasteiger partial charge >= 0.3 is 0 Å². The Morgan fingerprint density at radius 3 is 2.92 bits per heavy atom. The predicted octanol–water partition coefficient (Wildman–Crippen LogP) is 1.61. The van der Waals surface area contributed by atoms with E-state index in [0.717, 1.165) is 22.8 Å². The largest absolute Gasteiger partial charge is 0.383 e. The molecule has 1 N–H and O–H groups in total. The number of nitrogens with zero attached hydrogens (tertiary/aromatic N) is 2. The summed E-state index contributed by atoms with van der Waals surface area (Å²) >= 11 is 3.30. The Kier molecular flexibility index (Phi) is 4.11.